The number of benzene rings is 2. The number of rotatable bonds is 6. The van der Waals surface area contributed by atoms with Gasteiger partial charge in [0.1, 0.15) is 18.2 Å². The van der Waals surface area contributed by atoms with Gasteiger partial charge in [0.2, 0.25) is 0 Å². The Hall–Kier alpha value is -2.69. The second-order valence-electron chi connectivity index (χ2n) is 6.96. The SMILES string of the molecule is COc1ccc(C(C)=O)cc1COC(=O)C1(c2cccc(F)c2)CCCC1. The van der Waals surface area contributed by atoms with Gasteiger partial charge >= 0.3 is 5.97 Å². The van der Waals surface area contributed by atoms with Gasteiger partial charge in [-0.1, -0.05) is 25.0 Å². The van der Waals surface area contributed by atoms with Gasteiger partial charge in [-0.15, -0.1) is 0 Å². The molecule has 1 fully saturated rings. The van der Waals surface area contributed by atoms with Gasteiger partial charge in [-0.3, -0.25) is 9.59 Å². The van der Waals surface area contributed by atoms with E-state index < -0.39 is 5.41 Å². The summed E-state index contributed by atoms with van der Waals surface area (Å²) in [6.45, 7) is 1.48. The van der Waals surface area contributed by atoms with E-state index in [1.54, 1.807) is 30.3 Å². The van der Waals surface area contributed by atoms with Crippen LogP contribution < -0.4 is 4.74 Å². The van der Waals surface area contributed by atoms with Gasteiger partial charge in [-0.05, 0) is 55.7 Å². The van der Waals surface area contributed by atoms with E-state index in [1.807, 2.05) is 0 Å². The third kappa shape index (κ3) is 3.87. The first kappa shape index (κ1) is 19.1. The van der Waals surface area contributed by atoms with E-state index in [2.05, 4.69) is 0 Å². The molecule has 0 aromatic heterocycles. The van der Waals surface area contributed by atoms with E-state index in [0.717, 1.165) is 12.8 Å². The number of ketones is 1. The quantitative estimate of drug-likeness (QED) is 0.551. The van der Waals surface area contributed by atoms with Crippen molar-refractivity contribution in [2.75, 3.05) is 7.11 Å². The number of carbonyl (C=O) groups excluding carboxylic acids is 2. The zero-order valence-electron chi connectivity index (χ0n) is 15.6. The van der Waals surface area contributed by atoms with Crippen molar-refractivity contribution in [1.82, 2.24) is 0 Å². The van der Waals surface area contributed by atoms with Crippen LogP contribution in [0.25, 0.3) is 0 Å². The van der Waals surface area contributed by atoms with E-state index in [0.29, 0.717) is 35.3 Å². The molecule has 2 aromatic rings. The smallest absolute Gasteiger partial charge is 0.316 e. The van der Waals surface area contributed by atoms with E-state index >= 15 is 0 Å². The standard InChI is InChI=1S/C22H23FO4/c1-15(24)16-8-9-20(26-2)17(12-16)14-27-21(25)22(10-3-4-11-22)18-6-5-7-19(23)13-18/h5-9,12-13H,3-4,10-11,14H2,1-2H3. The number of halogens is 1. The van der Waals surface area contributed by atoms with Gasteiger partial charge in [0.25, 0.3) is 0 Å². The predicted octanol–water partition coefficient (Wildman–Crippen LogP) is 4.59. The topological polar surface area (TPSA) is 52.6 Å². The van der Waals surface area contributed by atoms with Gasteiger partial charge in [0.05, 0.1) is 12.5 Å². The molecule has 1 aliphatic carbocycles. The van der Waals surface area contributed by atoms with Crippen LogP contribution in [0.5, 0.6) is 5.75 Å². The van der Waals surface area contributed by atoms with Gasteiger partial charge < -0.3 is 9.47 Å². The van der Waals surface area contributed by atoms with Crippen LogP contribution in [0.15, 0.2) is 42.5 Å². The zero-order valence-corrected chi connectivity index (χ0v) is 15.6. The third-order valence-electron chi connectivity index (χ3n) is 5.27. The largest absolute Gasteiger partial charge is 0.496 e. The fourth-order valence-electron chi connectivity index (χ4n) is 3.77. The first-order chi connectivity index (χ1) is 13.0. The Bertz CT molecular complexity index is 853. The van der Waals surface area contributed by atoms with Crippen molar-refractivity contribution in [3.05, 3.63) is 65.0 Å². The molecule has 2 aromatic carbocycles. The van der Waals surface area contributed by atoms with Gasteiger partial charge in [0, 0.05) is 11.1 Å². The molecule has 1 saturated carbocycles. The molecule has 0 spiro atoms. The summed E-state index contributed by atoms with van der Waals surface area (Å²) in [5, 5.41) is 0. The average Bonchev–Trinajstić information content (AvgIpc) is 3.17. The minimum absolute atomic E-state index is 0.000191. The Labute approximate surface area is 158 Å². The maximum absolute atomic E-state index is 13.7. The van der Waals surface area contributed by atoms with Crippen molar-refractivity contribution < 1.29 is 23.5 Å². The van der Waals surface area contributed by atoms with Crippen LogP contribution in [-0.2, 0) is 21.6 Å². The highest BCUT2D eigenvalue weighted by Gasteiger charge is 2.44. The number of ether oxygens (including phenoxy) is 2. The highest BCUT2D eigenvalue weighted by atomic mass is 19.1. The maximum atomic E-state index is 13.7. The lowest BCUT2D eigenvalue weighted by Crippen LogP contribution is -2.34. The van der Waals surface area contributed by atoms with E-state index in [1.165, 1.54) is 26.2 Å². The van der Waals surface area contributed by atoms with Crippen molar-refractivity contribution in [3.8, 4) is 5.75 Å². The summed E-state index contributed by atoms with van der Waals surface area (Å²) in [6, 6.07) is 11.2. The Kier molecular flexibility index (Phi) is 5.59. The van der Waals surface area contributed by atoms with Gasteiger partial charge in [0.15, 0.2) is 5.78 Å². The lowest BCUT2D eigenvalue weighted by molar-refractivity contribution is -0.152. The molecule has 4 nitrogen and oxygen atoms in total. The van der Waals surface area contributed by atoms with E-state index in [9.17, 15) is 14.0 Å². The molecule has 0 aliphatic heterocycles. The molecule has 0 N–H and O–H groups in total. The zero-order chi connectivity index (χ0) is 19.4. The molecule has 0 atom stereocenters. The normalized spacial score (nSPS) is 15.4. The van der Waals surface area contributed by atoms with E-state index in [4.69, 9.17) is 9.47 Å². The molecule has 0 bridgehead atoms. The van der Waals surface area contributed by atoms with Crippen molar-refractivity contribution in [2.24, 2.45) is 0 Å². The molecule has 27 heavy (non-hydrogen) atoms. The molecule has 5 heteroatoms. The Morgan fingerprint density at radius 3 is 2.48 bits per heavy atom. The Morgan fingerprint density at radius 2 is 1.85 bits per heavy atom. The second-order valence-corrected chi connectivity index (χ2v) is 6.96. The number of hydrogen-bond acceptors (Lipinski definition) is 4. The summed E-state index contributed by atoms with van der Waals surface area (Å²) in [6.07, 6.45) is 3.07. The van der Waals surface area contributed by atoms with Crippen LogP contribution in [0.3, 0.4) is 0 Å². The first-order valence-corrected chi connectivity index (χ1v) is 9.07. The summed E-state index contributed by atoms with van der Waals surface area (Å²) in [4.78, 5) is 24.6. The lowest BCUT2D eigenvalue weighted by atomic mass is 9.79. The van der Waals surface area contributed by atoms with Crippen LogP contribution in [0.2, 0.25) is 0 Å². The van der Waals surface area contributed by atoms with Crippen molar-refractivity contribution in [2.45, 2.75) is 44.6 Å². The fraction of sp³-hybridized carbons (Fsp3) is 0.364. The average molecular weight is 370 g/mol. The summed E-state index contributed by atoms with van der Waals surface area (Å²) >= 11 is 0. The Balaban J connectivity index is 1.84. The molecule has 0 heterocycles. The minimum Gasteiger partial charge on any atom is -0.496 e. The predicted molar refractivity (Wildman–Crippen MR) is 99.3 cm³/mol. The highest BCUT2D eigenvalue weighted by molar-refractivity contribution is 5.94. The van der Waals surface area contributed by atoms with Crippen LogP contribution in [-0.4, -0.2) is 18.9 Å². The lowest BCUT2D eigenvalue weighted by Gasteiger charge is -2.27. The summed E-state index contributed by atoms with van der Waals surface area (Å²) in [5.41, 5.74) is 1.01. The number of hydrogen-bond donors (Lipinski definition) is 0. The minimum atomic E-state index is -0.812. The van der Waals surface area contributed by atoms with Crippen molar-refractivity contribution >= 4 is 11.8 Å². The summed E-state index contributed by atoms with van der Waals surface area (Å²) < 4.78 is 24.7. The number of carbonyl (C=O) groups is 2. The number of methoxy groups -OCH3 is 1. The summed E-state index contributed by atoms with van der Waals surface area (Å²) in [7, 11) is 1.53. The van der Waals surface area contributed by atoms with Crippen LogP contribution in [0, 0.1) is 5.82 Å². The van der Waals surface area contributed by atoms with Crippen LogP contribution >= 0.6 is 0 Å². The third-order valence-corrected chi connectivity index (χ3v) is 5.27. The fourth-order valence-corrected chi connectivity index (χ4v) is 3.77. The maximum Gasteiger partial charge on any atom is 0.316 e. The first-order valence-electron chi connectivity index (χ1n) is 9.07. The molecule has 1 aliphatic rings. The number of Topliss-reactive ketones (excluding diaryl/α,β-unsaturated/α-hetero) is 1. The number of esters is 1. The van der Waals surface area contributed by atoms with Gasteiger partial charge in [-0.25, -0.2) is 4.39 Å². The van der Waals surface area contributed by atoms with Crippen molar-refractivity contribution in [3.63, 3.8) is 0 Å². The molecule has 0 amide bonds. The van der Waals surface area contributed by atoms with Crippen molar-refractivity contribution in [1.29, 1.82) is 0 Å². The van der Waals surface area contributed by atoms with Crippen LogP contribution in [0.1, 0.15) is 54.1 Å². The Morgan fingerprint density at radius 1 is 1.11 bits per heavy atom. The monoisotopic (exact) mass is 370 g/mol. The molecule has 0 unspecified atom stereocenters. The van der Waals surface area contributed by atoms with E-state index in [-0.39, 0.29) is 24.2 Å². The van der Waals surface area contributed by atoms with Gasteiger partial charge in [-0.2, -0.15) is 0 Å². The molecule has 142 valence electrons. The second kappa shape index (κ2) is 7.91. The molecule has 0 saturated heterocycles. The molecular weight excluding hydrogens is 347 g/mol. The van der Waals surface area contributed by atoms with Crippen LogP contribution in [0.4, 0.5) is 4.39 Å². The molecule has 3 rings (SSSR count). The molecular formula is C22H23FO4. The molecule has 0 radical (unpaired) electrons. The highest BCUT2D eigenvalue weighted by Crippen LogP contribution is 2.42. The summed E-state index contributed by atoms with van der Waals surface area (Å²) in [5.74, 6) is -0.237.